The molecule has 1 aromatic rings. The minimum Gasteiger partial charge on any atom is -0.455 e. The van der Waals surface area contributed by atoms with E-state index in [1.807, 2.05) is 6.92 Å². The molecule has 0 radical (unpaired) electrons. The molecule has 0 aliphatic carbocycles. The van der Waals surface area contributed by atoms with E-state index in [1.165, 1.54) is 16.8 Å². The van der Waals surface area contributed by atoms with Crippen molar-refractivity contribution in [3.63, 3.8) is 0 Å². The Morgan fingerprint density at radius 3 is 2.59 bits per heavy atom. The third-order valence-corrected chi connectivity index (χ3v) is 1.91. The van der Waals surface area contributed by atoms with E-state index >= 15 is 0 Å². The van der Waals surface area contributed by atoms with Crippen molar-refractivity contribution in [1.82, 2.24) is 9.78 Å². The first kappa shape index (κ1) is 13.4. The van der Waals surface area contributed by atoms with E-state index in [-0.39, 0.29) is 11.3 Å². The maximum absolute atomic E-state index is 11.7. The van der Waals surface area contributed by atoms with Gasteiger partial charge < -0.3 is 4.74 Å². The molecule has 0 bridgehead atoms. The summed E-state index contributed by atoms with van der Waals surface area (Å²) in [6, 6.07) is 2.73. The van der Waals surface area contributed by atoms with E-state index in [4.69, 9.17) is 4.74 Å². The molecule has 0 N–H and O–H groups in total. The van der Waals surface area contributed by atoms with Crippen molar-refractivity contribution in [2.75, 3.05) is 0 Å². The lowest BCUT2D eigenvalue weighted by Gasteiger charge is -2.19. The number of hydrogen-bond acceptors (Lipinski definition) is 4. The number of carbonyl (C=O) groups is 1. The van der Waals surface area contributed by atoms with Crippen LogP contribution in [0.1, 0.15) is 44.6 Å². The van der Waals surface area contributed by atoms with Crippen LogP contribution in [0.5, 0.6) is 0 Å². The SMILES string of the molecule is CCCn1nc(C(=O)OC(C)(C)C)ccc1=O. The molecule has 5 heteroatoms. The molecule has 0 spiro atoms. The molecular formula is C12H18N2O3. The molecule has 0 fully saturated rings. The molecule has 0 unspecified atom stereocenters. The minimum atomic E-state index is -0.565. The zero-order chi connectivity index (χ0) is 13.1. The maximum atomic E-state index is 11.7. The largest absolute Gasteiger partial charge is 0.455 e. The molecule has 1 rings (SSSR count). The second-order valence-corrected chi connectivity index (χ2v) is 4.78. The average Bonchev–Trinajstić information content (AvgIpc) is 2.19. The van der Waals surface area contributed by atoms with Crippen LogP contribution in [-0.4, -0.2) is 21.4 Å². The third-order valence-electron chi connectivity index (χ3n) is 1.91. The highest BCUT2D eigenvalue weighted by atomic mass is 16.6. The molecule has 5 nitrogen and oxygen atoms in total. The van der Waals surface area contributed by atoms with Crippen molar-refractivity contribution in [3.05, 3.63) is 28.2 Å². The van der Waals surface area contributed by atoms with E-state index in [0.717, 1.165) is 6.42 Å². The molecule has 0 aliphatic rings. The second-order valence-electron chi connectivity index (χ2n) is 4.78. The minimum absolute atomic E-state index is 0.160. The van der Waals surface area contributed by atoms with Crippen LogP contribution in [0, 0.1) is 0 Å². The van der Waals surface area contributed by atoms with E-state index in [9.17, 15) is 9.59 Å². The number of esters is 1. The second kappa shape index (κ2) is 5.12. The van der Waals surface area contributed by atoms with Crippen LogP contribution >= 0.6 is 0 Å². The smallest absolute Gasteiger partial charge is 0.359 e. The quantitative estimate of drug-likeness (QED) is 0.750. The number of carbonyl (C=O) groups excluding carboxylic acids is 1. The Balaban J connectivity index is 2.96. The lowest BCUT2D eigenvalue weighted by Crippen LogP contribution is -2.28. The molecule has 0 atom stereocenters. The number of aryl methyl sites for hydroxylation is 1. The van der Waals surface area contributed by atoms with Gasteiger partial charge in [0.1, 0.15) is 5.60 Å². The van der Waals surface area contributed by atoms with Gasteiger partial charge in [0, 0.05) is 12.6 Å². The summed E-state index contributed by atoms with van der Waals surface area (Å²) < 4.78 is 6.46. The van der Waals surface area contributed by atoms with Gasteiger partial charge in [0.2, 0.25) is 0 Å². The predicted molar refractivity (Wildman–Crippen MR) is 64.0 cm³/mol. The van der Waals surface area contributed by atoms with Gasteiger partial charge in [-0.15, -0.1) is 0 Å². The highest BCUT2D eigenvalue weighted by molar-refractivity contribution is 5.87. The monoisotopic (exact) mass is 238 g/mol. The van der Waals surface area contributed by atoms with Gasteiger partial charge in [-0.2, -0.15) is 5.10 Å². The fourth-order valence-electron chi connectivity index (χ4n) is 1.26. The van der Waals surface area contributed by atoms with Gasteiger partial charge in [0.25, 0.3) is 5.56 Å². The number of hydrogen-bond donors (Lipinski definition) is 0. The fourth-order valence-corrected chi connectivity index (χ4v) is 1.26. The highest BCUT2D eigenvalue weighted by Crippen LogP contribution is 2.09. The lowest BCUT2D eigenvalue weighted by molar-refractivity contribution is 0.00599. The van der Waals surface area contributed by atoms with E-state index < -0.39 is 11.6 Å². The van der Waals surface area contributed by atoms with Gasteiger partial charge in [-0.25, -0.2) is 9.48 Å². The summed E-state index contributed by atoms with van der Waals surface area (Å²) in [5, 5.41) is 3.98. The summed E-state index contributed by atoms with van der Waals surface area (Å²) >= 11 is 0. The maximum Gasteiger partial charge on any atom is 0.359 e. The zero-order valence-corrected chi connectivity index (χ0v) is 10.7. The number of rotatable bonds is 3. The summed E-state index contributed by atoms with van der Waals surface area (Å²) in [6.45, 7) is 7.79. The summed E-state index contributed by atoms with van der Waals surface area (Å²) in [5.74, 6) is -0.512. The highest BCUT2D eigenvalue weighted by Gasteiger charge is 2.19. The van der Waals surface area contributed by atoms with Crippen molar-refractivity contribution < 1.29 is 9.53 Å². The molecule has 0 saturated carbocycles. The molecule has 0 aromatic carbocycles. The molecule has 0 amide bonds. The number of ether oxygens (including phenoxy) is 1. The van der Waals surface area contributed by atoms with E-state index in [1.54, 1.807) is 20.8 Å². The standard InChI is InChI=1S/C12H18N2O3/c1-5-8-14-10(15)7-6-9(13-14)11(16)17-12(2,3)4/h6-7H,5,8H2,1-4H3. The van der Waals surface area contributed by atoms with E-state index in [2.05, 4.69) is 5.10 Å². The van der Waals surface area contributed by atoms with Gasteiger partial charge in [0.05, 0.1) is 0 Å². The average molecular weight is 238 g/mol. The molecule has 17 heavy (non-hydrogen) atoms. The number of nitrogens with zero attached hydrogens (tertiary/aromatic N) is 2. The van der Waals surface area contributed by atoms with E-state index in [0.29, 0.717) is 6.54 Å². The molecule has 1 heterocycles. The molecule has 94 valence electrons. The first-order chi connectivity index (χ1) is 7.83. The topological polar surface area (TPSA) is 61.2 Å². The summed E-state index contributed by atoms with van der Waals surface area (Å²) in [6.07, 6.45) is 0.782. The van der Waals surface area contributed by atoms with Crippen LogP contribution in [0.2, 0.25) is 0 Å². The molecule has 1 aromatic heterocycles. The van der Waals surface area contributed by atoms with Gasteiger partial charge in [-0.1, -0.05) is 6.92 Å². The number of aromatic nitrogens is 2. The van der Waals surface area contributed by atoms with Gasteiger partial charge in [-0.05, 0) is 33.3 Å². The summed E-state index contributed by atoms with van der Waals surface area (Å²) in [7, 11) is 0. The van der Waals surface area contributed by atoms with Crippen LogP contribution < -0.4 is 5.56 Å². The Labute approximate surface area is 100 Å². The summed E-state index contributed by atoms with van der Waals surface area (Å²) in [4.78, 5) is 23.1. The van der Waals surface area contributed by atoms with Crippen molar-refractivity contribution in [3.8, 4) is 0 Å². The lowest BCUT2D eigenvalue weighted by atomic mass is 10.2. The Kier molecular flexibility index (Phi) is 4.04. The molecule has 0 aliphatic heterocycles. The Morgan fingerprint density at radius 2 is 2.06 bits per heavy atom. The van der Waals surface area contributed by atoms with Crippen LogP contribution in [0.25, 0.3) is 0 Å². The third kappa shape index (κ3) is 4.01. The van der Waals surface area contributed by atoms with Crippen molar-refractivity contribution in [1.29, 1.82) is 0 Å². The zero-order valence-electron chi connectivity index (χ0n) is 10.7. The van der Waals surface area contributed by atoms with Gasteiger partial charge in [-0.3, -0.25) is 4.79 Å². The first-order valence-corrected chi connectivity index (χ1v) is 5.65. The van der Waals surface area contributed by atoms with Crippen LogP contribution in [0.3, 0.4) is 0 Å². The van der Waals surface area contributed by atoms with Crippen LogP contribution in [-0.2, 0) is 11.3 Å². The Bertz CT molecular complexity index is 458. The molecular weight excluding hydrogens is 220 g/mol. The van der Waals surface area contributed by atoms with Crippen LogP contribution in [0.4, 0.5) is 0 Å². The normalized spacial score (nSPS) is 11.3. The fraction of sp³-hybridized carbons (Fsp3) is 0.583. The Morgan fingerprint density at radius 1 is 1.41 bits per heavy atom. The van der Waals surface area contributed by atoms with Crippen LogP contribution in [0.15, 0.2) is 16.9 Å². The molecule has 0 saturated heterocycles. The van der Waals surface area contributed by atoms with Crippen molar-refractivity contribution in [2.45, 2.75) is 46.3 Å². The van der Waals surface area contributed by atoms with Crippen molar-refractivity contribution in [2.24, 2.45) is 0 Å². The van der Waals surface area contributed by atoms with Gasteiger partial charge >= 0.3 is 5.97 Å². The first-order valence-electron chi connectivity index (χ1n) is 5.65. The Hall–Kier alpha value is -1.65. The summed E-state index contributed by atoms with van der Waals surface area (Å²) in [5.41, 5.74) is -0.614. The van der Waals surface area contributed by atoms with Crippen molar-refractivity contribution >= 4 is 5.97 Å². The van der Waals surface area contributed by atoms with Gasteiger partial charge in [0.15, 0.2) is 5.69 Å². The predicted octanol–water partition coefficient (Wildman–Crippen LogP) is 1.61.